The fourth-order valence-corrected chi connectivity index (χ4v) is 2.26. The molecule has 1 amide bonds. The Morgan fingerprint density at radius 2 is 1.61 bits per heavy atom. The summed E-state index contributed by atoms with van der Waals surface area (Å²) >= 11 is 0. The van der Waals surface area contributed by atoms with Crippen LogP contribution in [0.15, 0.2) is 36.4 Å². The number of hydrogen-bond donors (Lipinski definition) is 1. The van der Waals surface area contributed by atoms with Gasteiger partial charge in [-0.05, 0) is 24.3 Å². The van der Waals surface area contributed by atoms with Gasteiger partial charge in [0.15, 0.2) is 11.5 Å². The molecule has 0 bridgehead atoms. The Kier molecular flexibility index (Phi) is 4.23. The second-order valence-corrected chi connectivity index (χ2v) is 4.91. The third kappa shape index (κ3) is 3.31. The van der Waals surface area contributed by atoms with Crippen LogP contribution in [0.2, 0.25) is 0 Å². The van der Waals surface area contributed by atoms with Gasteiger partial charge in [0.25, 0.3) is 5.91 Å². The molecule has 0 spiro atoms. The highest BCUT2D eigenvalue weighted by Crippen LogP contribution is 2.33. The molecule has 6 nitrogen and oxygen atoms in total. The standard InChI is InChI=1S/C17H17NO5/c1-20-13-7-11(8-14(10-13)21-2)17(19)18-12-3-4-15-16(9-12)23-6-5-22-15/h3-4,7-10H,5-6H2,1-2H3,(H,18,19). The molecule has 0 aromatic heterocycles. The predicted molar refractivity (Wildman–Crippen MR) is 84.9 cm³/mol. The summed E-state index contributed by atoms with van der Waals surface area (Å²) in [6.45, 7) is 1.03. The van der Waals surface area contributed by atoms with Crippen LogP contribution in [0.25, 0.3) is 0 Å². The van der Waals surface area contributed by atoms with Gasteiger partial charge in [-0.25, -0.2) is 0 Å². The molecular weight excluding hydrogens is 298 g/mol. The van der Waals surface area contributed by atoms with Gasteiger partial charge in [0.05, 0.1) is 14.2 Å². The summed E-state index contributed by atoms with van der Waals surface area (Å²) in [4.78, 5) is 12.4. The first-order chi connectivity index (χ1) is 11.2. The Labute approximate surface area is 133 Å². The van der Waals surface area contributed by atoms with E-state index in [1.807, 2.05) is 0 Å². The van der Waals surface area contributed by atoms with Crippen molar-refractivity contribution in [2.24, 2.45) is 0 Å². The van der Waals surface area contributed by atoms with E-state index < -0.39 is 0 Å². The topological polar surface area (TPSA) is 66.0 Å². The number of fused-ring (bicyclic) bond motifs is 1. The Balaban J connectivity index is 1.81. The second kappa shape index (κ2) is 6.48. The van der Waals surface area contributed by atoms with E-state index in [4.69, 9.17) is 18.9 Å². The van der Waals surface area contributed by atoms with Gasteiger partial charge >= 0.3 is 0 Å². The molecule has 0 unspecified atom stereocenters. The summed E-state index contributed by atoms with van der Waals surface area (Å²) in [6, 6.07) is 10.3. The first kappa shape index (κ1) is 15.0. The molecule has 120 valence electrons. The molecule has 3 rings (SSSR count). The molecule has 0 atom stereocenters. The van der Waals surface area contributed by atoms with Crippen LogP contribution < -0.4 is 24.3 Å². The average molecular weight is 315 g/mol. The van der Waals surface area contributed by atoms with Crippen molar-refractivity contribution in [2.75, 3.05) is 32.8 Å². The number of hydrogen-bond acceptors (Lipinski definition) is 5. The summed E-state index contributed by atoms with van der Waals surface area (Å²) in [5.41, 5.74) is 1.07. The smallest absolute Gasteiger partial charge is 0.255 e. The van der Waals surface area contributed by atoms with Crippen LogP contribution >= 0.6 is 0 Å². The molecule has 1 aliphatic rings. The molecule has 0 saturated heterocycles. The molecule has 6 heteroatoms. The van der Waals surface area contributed by atoms with E-state index in [1.54, 1.807) is 36.4 Å². The normalized spacial score (nSPS) is 12.4. The minimum Gasteiger partial charge on any atom is -0.497 e. The second-order valence-electron chi connectivity index (χ2n) is 4.91. The van der Waals surface area contributed by atoms with E-state index in [1.165, 1.54) is 14.2 Å². The van der Waals surface area contributed by atoms with Crippen LogP contribution in [0.3, 0.4) is 0 Å². The number of carbonyl (C=O) groups excluding carboxylic acids is 1. The van der Waals surface area contributed by atoms with E-state index in [-0.39, 0.29) is 5.91 Å². The first-order valence-corrected chi connectivity index (χ1v) is 7.13. The molecule has 0 saturated carbocycles. The summed E-state index contributed by atoms with van der Waals surface area (Å²) in [5, 5.41) is 2.83. The van der Waals surface area contributed by atoms with Gasteiger partial charge < -0.3 is 24.3 Å². The van der Waals surface area contributed by atoms with Crippen LogP contribution in [-0.4, -0.2) is 33.3 Å². The Morgan fingerprint density at radius 3 is 2.26 bits per heavy atom. The van der Waals surface area contributed by atoms with Gasteiger partial charge in [0.2, 0.25) is 0 Å². The fraction of sp³-hybridized carbons (Fsp3) is 0.235. The summed E-state index contributed by atoms with van der Waals surface area (Å²) in [5.74, 6) is 2.14. The fourth-order valence-electron chi connectivity index (χ4n) is 2.26. The third-order valence-corrected chi connectivity index (χ3v) is 3.41. The number of anilines is 1. The lowest BCUT2D eigenvalue weighted by Crippen LogP contribution is -2.16. The minimum atomic E-state index is -0.265. The number of benzene rings is 2. The number of amides is 1. The molecule has 2 aromatic rings. The number of methoxy groups -OCH3 is 2. The van der Waals surface area contributed by atoms with E-state index in [0.29, 0.717) is 47.5 Å². The Bertz CT molecular complexity index is 707. The zero-order chi connectivity index (χ0) is 16.2. The predicted octanol–water partition coefficient (Wildman–Crippen LogP) is 2.73. The van der Waals surface area contributed by atoms with Crippen molar-refractivity contribution in [3.63, 3.8) is 0 Å². The third-order valence-electron chi connectivity index (χ3n) is 3.41. The van der Waals surface area contributed by atoms with Crippen LogP contribution in [-0.2, 0) is 0 Å². The Morgan fingerprint density at radius 1 is 0.957 bits per heavy atom. The lowest BCUT2D eigenvalue weighted by atomic mass is 10.1. The highest BCUT2D eigenvalue weighted by Gasteiger charge is 2.14. The summed E-state index contributed by atoms with van der Waals surface area (Å²) < 4.78 is 21.3. The molecule has 0 radical (unpaired) electrons. The van der Waals surface area contributed by atoms with Crippen molar-refractivity contribution in [1.82, 2.24) is 0 Å². The summed E-state index contributed by atoms with van der Waals surface area (Å²) in [7, 11) is 3.08. The van der Waals surface area contributed by atoms with E-state index in [9.17, 15) is 4.79 Å². The molecule has 0 fully saturated rings. The van der Waals surface area contributed by atoms with Crippen LogP contribution in [0, 0.1) is 0 Å². The highest BCUT2D eigenvalue weighted by molar-refractivity contribution is 6.05. The molecule has 1 N–H and O–H groups in total. The number of nitrogens with one attached hydrogen (secondary N) is 1. The molecule has 23 heavy (non-hydrogen) atoms. The van der Waals surface area contributed by atoms with Gasteiger partial charge in [-0.15, -0.1) is 0 Å². The van der Waals surface area contributed by atoms with Crippen molar-refractivity contribution in [1.29, 1.82) is 0 Å². The molecule has 0 aliphatic carbocycles. The van der Waals surface area contributed by atoms with Crippen LogP contribution in [0.4, 0.5) is 5.69 Å². The van der Waals surface area contributed by atoms with Gasteiger partial charge in [0, 0.05) is 23.4 Å². The van der Waals surface area contributed by atoms with E-state index in [2.05, 4.69) is 5.32 Å². The molecule has 1 aliphatic heterocycles. The zero-order valence-electron chi connectivity index (χ0n) is 12.9. The van der Waals surface area contributed by atoms with Crippen molar-refractivity contribution in [3.8, 4) is 23.0 Å². The van der Waals surface area contributed by atoms with Crippen molar-refractivity contribution >= 4 is 11.6 Å². The number of carbonyl (C=O) groups is 1. The first-order valence-electron chi connectivity index (χ1n) is 7.13. The summed E-state index contributed by atoms with van der Waals surface area (Å²) in [6.07, 6.45) is 0. The van der Waals surface area contributed by atoms with Crippen molar-refractivity contribution in [3.05, 3.63) is 42.0 Å². The zero-order valence-corrected chi connectivity index (χ0v) is 12.9. The van der Waals surface area contributed by atoms with Gasteiger partial charge in [-0.1, -0.05) is 0 Å². The number of rotatable bonds is 4. The van der Waals surface area contributed by atoms with Crippen molar-refractivity contribution < 1.29 is 23.7 Å². The number of ether oxygens (including phenoxy) is 4. The van der Waals surface area contributed by atoms with Gasteiger partial charge in [-0.3, -0.25) is 4.79 Å². The lowest BCUT2D eigenvalue weighted by Gasteiger charge is -2.19. The largest absolute Gasteiger partial charge is 0.497 e. The van der Waals surface area contributed by atoms with Crippen molar-refractivity contribution in [2.45, 2.75) is 0 Å². The Hall–Kier alpha value is -2.89. The van der Waals surface area contributed by atoms with Gasteiger partial charge in [0.1, 0.15) is 24.7 Å². The minimum absolute atomic E-state index is 0.265. The lowest BCUT2D eigenvalue weighted by molar-refractivity contribution is 0.102. The van der Waals surface area contributed by atoms with Crippen LogP contribution in [0.1, 0.15) is 10.4 Å². The van der Waals surface area contributed by atoms with E-state index >= 15 is 0 Å². The molecular formula is C17H17NO5. The SMILES string of the molecule is COc1cc(OC)cc(C(=O)Nc2ccc3c(c2)OCCO3)c1. The molecule has 2 aromatic carbocycles. The quantitative estimate of drug-likeness (QED) is 0.940. The van der Waals surface area contributed by atoms with Crippen LogP contribution in [0.5, 0.6) is 23.0 Å². The maximum Gasteiger partial charge on any atom is 0.255 e. The monoisotopic (exact) mass is 315 g/mol. The van der Waals surface area contributed by atoms with Gasteiger partial charge in [-0.2, -0.15) is 0 Å². The van der Waals surface area contributed by atoms with E-state index in [0.717, 1.165) is 0 Å². The average Bonchev–Trinajstić information content (AvgIpc) is 2.61. The molecule has 1 heterocycles. The highest BCUT2D eigenvalue weighted by atomic mass is 16.6. The maximum absolute atomic E-state index is 12.4. The maximum atomic E-state index is 12.4.